The van der Waals surface area contributed by atoms with Crippen molar-refractivity contribution < 1.29 is 17.2 Å². The van der Waals surface area contributed by atoms with Crippen LogP contribution in [0.4, 0.5) is 14.5 Å². The summed E-state index contributed by atoms with van der Waals surface area (Å²) in [6, 6.07) is 8.34. The van der Waals surface area contributed by atoms with Gasteiger partial charge in [-0.1, -0.05) is 6.07 Å². The first-order valence-electron chi connectivity index (χ1n) is 5.43. The van der Waals surface area contributed by atoms with Gasteiger partial charge in [0.2, 0.25) is 0 Å². The number of hydrogen-bond acceptors (Lipinski definition) is 2. The second-order valence-electron chi connectivity index (χ2n) is 4.02. The Balaban J connectivity index is 2.36. The molecule has 0 radical (unpaired) electrons. The highest BCUT2D eigenvalue weighted by Gasteiger charge is 2.15. The number of hydrogen-bond donors (Lipinski definition) is 1. The molecule has 2 aromatic rings. The first-order chi connectivity index (χ1) is 8.88. The number of halogens is 2. The SMILES string of the molecule is Cc1cc(F)ccc1NS(=O)(=O)c1cccc(F)c1. The second-order valence-corrected chi connectivity index (χ2v) is 5.70. The Hall–Kier alpha value is -1.95. The summed E-state index contributed by atoms with van der Waals surface area (Å²) in [4.78, 5) is -0.184. The fraction of sp³-hybridized carbons (Fsp3) is 0.0769. The lowest BCUT2D eigenvalue weighted by atomic mass is 10.2. The van der Waals surface area contributed by atoms with Crippen molar-refractivity contribution in [2.24, 2.45) is 0 Å². The molecule has 0 aliphatic heterocycles. The molecule has 19 heavy (non-hydrogen) atoms. The molecular weight excluding hydrogens is 272 g/mol. The maximum absolute atomic E-state index is 13.0. The minimum atomic E-state index is -3.88. The Morgan fingerprint density at radius 3 is 2.32 bits per heavy atom. The van der Waals surface area contributed by atoms with Crippen molar-refractivity contribution in [3.63, 3.8) is 0 Å². The zero-order chi connectivity index (χ0) is 14.0. The first-order valence-corrected chi connectivity index (χ1v) is 6.91. The van der Waals surface area contributed by atoms with E-state index in [1.807, 2.05) is 0 Å². The molecule has 0 saturated heterocycles. The fourth-order valence-electron chi connectivity index (χ4n) is 1.58. The van der Waals surface area contributed by atoms with Gasteiger partial charge in [-0.05, 0) is 48.9 Å². The van der Waals surface area contributed by atoms with Gasteiger partial charge >= 0.3 is 0 Å². The molecule has 0 amide bonds. The highest BCUT2D eigenvalue weighted by molar-refractivity contribution is 7.92. The summed E-state index contributed by atoms with van der Waals surface area (Å²) in [5.74, 6) is -1.09. The summed E-state index contributed by atoms with van der Waals surface area (Å²) in [5, 5.41) is 0. The second kappa shape index (κ2) is 4.97. The average Bonchev–Trinajstić information content (AvgIpc) is 2.33. The molecule has 2 rings (SSSR count). The van der Waals surface area contributed by atoms with E-state index in [9.17, 15) is 17.2 Å². The Labute approximate surface area is 109 Å². The molecule has 0 bridgehead atoms. The summed E-state index contributed by atoms with van der Waals surface area (Å²) in [6.45, 7) is 1.58. The van der Waals surface area contributed by atoms with Gasteiger partial charge in [-0.2, -0.15) is 0 Å². The zero-order valence-corrected chi connectivity index (χ0v) is 10.8. The van der Waals surface area contributed by atoms with Gasteiger partial charge in [-0.3, -0.25) is 4.72 Å². The van der Waals surface area contributed by atoms with Crippen LogP contribution in [-0.4, -0.2) is 8.42 Å². The van der Waals surface area contributed by atoms with Gasteiger partial charge in [0.05, 0.1) is 10.6 Å². The number of benzene rings is 2. The minimum absolute atomic E-state index is 0.184. The summed E-state index contributed by atoms with van der Waals surface area (Å²) in [5.41, 5.74) is 0.700. The molecule has 0 aromatic heterocycles. The highest BCUT2D eigenvalue weighted by atomic mass is 32.2. The van der Waals surface area contributed by atoms with E-state index in [1.165, 1.54) is 24.3 Å². The molecule has 6 heteroatoms. The van der Waals surface area contributed by atoms with Crippen LogP contribution in [0, 0.1) is 18.6 Å². The van der Waals surface area contributed by atoms with Gasteiger partial charge in [0, 0.05) is 0 Å². The number of nitrogens with one attached hydrogen (secondary N) is 1. The quantitative estimate of drug-likeness (QED) is 0.941. The fourth-order valence-corrected chi connectivity index (χ4v) is 2.74. The monoisotopic (exact) mass is 283 g/mol. The van der Waals surface area contributed by atoms with E-state index >= 15 is 0 Å². The van der Waals surface area contributed by atoms with Crippen molar-refractivity contribution in [2.75, 3.05) is 4.72 Å². The normalized spacial score (nSPS) is 11.3. The Bertz CT molecular complexity index is 714. The maximum atomic E-state index is 13.0. The van der Waals surface area contributed by atoms with E-state index in [0.717, 1.165) is 18.2 Å². The molecule has 1 N–H and O–H groups in total. The van der Waals surface area contributed by atoms with Gasteiger partial charge in [-0.25, -0.2) is 17.2 Å². The molecule has 0 heterocycles. The van der Waals surface area contributed by atoms with Gasteiger partial charge in [-0.15, -0.1) is 0 Å². The number of anilines is 1. The smallest absolute Gasteiger partial charge is 0.262 e. The predicted molar refractivity (Wildman–Crippen MR) is 68.3 cm³/mol. The maximum Gasteiger partial charge on any atom is 0.262 e. The molecule has 0 aliphatic carbocycles. The lowest BCUT2D eigenvalue weighted by molar-refractivity contribution is 0.595. The van der Waals surface area contributed by atoms with Crippen molar-refractivity contribution in [2.45, 2.75) is 11.8 Å². The zero-order valence-electron chi connectivity index (χ0n) is 10.0. The van der Waals surface area contributed by atoms with Crippen molar-refractivity contribution in [1.82, 2.24) is 0 Å². The molecular formula is C13H11F2NO2S. The van der Waals surface area contributed by atoms with E-state index in [0.29, 0.717) is 5.56 Å². The summed E-state index contributed by atoms with van der Waals surface area (Å²) in [7, 11) is -3.88. The molecule has 100 valence electrons. The van der Waals surface area contributed by atoms with Gasteiger partial charge in [0.1, 0.15) is 11.6 Å². The van der Waals surface area contributed by atoms with E-state index in [-0.39, 0.29) is 10.6 Å². The third-order valence-electron chi connectivity index (χ3n) is 2.54. The van der Waals surface area contributed by atoms with Gasteiger partial charge < -0.3 is 0 Å². The molecule has 3 nitrogen and oxygen atoms in total. The molecule has 0 fully saturated rings. The summed E-state index contributed by atoms with van der Waals surface area (Å²) >= 11 is 0. The van der Waals surface area contributed by atoms with Crippen LogP contribution in [0.5, 0.6) is 0 Å². The van der Waals surface area contributed by atoms with Crippen molar-refractivity contribution >= 4 is 15.7 Å². The third kappa shape index (κ3) is 3.08. The van der Waals surface area contributed by atoms with Crippen LogP contribution in [0.15, 0.2) is 47.4 Å². The molecule has 0 unspecified atom stereocenters. The Morgan fingerprint density at radius 2 is 1.68 bits per heavy atom. The molecule has 0 aliphatic rings. The van der Waals surface area contributed by atoms with Gasteiger partial charge in [0.15, 0.2) is 0 Å². The van der Waals surface area contributed by atoms with Crippen LogP contribution in [-0.2, 0) is 10.0 Å². The van der Waals surface area contributed by atoms with Crippen LogP contribution < -0.4 is 4.72 Å². The average molecular weight is 283 g/mol. The number of rotatable bonds is 3. The van der Waals surface area contributed by atoms with Crippen LogP contribution in [0.2, 0.25) is 0 Å². The molecule has 0 spiro atoms. The van der Waals surface area contributed by atoms with Crippen molar-refractivity contribution in [1.29, 1.82) is 0 Å². The topological polar surface area (TPSA) is 46.2 Å². The van der Waals surface area contributed by atoms with E-state index in [2.05, 4.69) is 4.72 Å². The predicted octanol–water partition coefficient (Wildman–Crippen LogP) is 3.07. The van der Waals surface area contributed by atoms with Crippen LogP contribution in [0.3, 0.4) is 0 Å². The van der Waals surface area contributed by atoms with Gasteiger partial charge in [0.25, 0.3) is 10.0 Å². The number of sulfonamides is 1. The third-order valence-corrected chi connectivity index (χ3v) is 3.90. The minimum Gasteiger partial charge on any atom is -0.279 e. The first kappa shape index (κ1) is 13.5. The summed E-state index contributed by atoms with van der Waals surface area (Å²) in [6.07, 6.45) is 0. The van der Waals surface area contributed by atoms with Crippen LogP contribution in [0.25, 0.3) is 0 Å². The number of aryl methyl sites for hydroxylation is 1. The van der Waals surface area contributed by atoms with Crippen molar-refractivity contribution in [3.05, 3.63) is 59.7 Å². The van der Waals surface area contributed by atoms with E-state index in [1.54, 1.807) is 6.92 Å². The summed E-state index contributed by atoms with van der Waals surface area (Å²) < 4.78 is 52.3. The molecule has 0 saturated carbocycles. The standard InChI is InChI=1S/C13H11F2NO2S/c1-9-7-11(15)5-6-13(9)16-19(17,18)12-4-2-3-10(14)8-12/h2-8,16H,1H3. The van der Waals surface area contributed by atoms with Crippen LogP contribution in [0.1, 0.15) is 5.56 Å². The lowest BCUT2D eigenvalue weighted by Crippen LogP contribution is -2.14. The molecule has 0 atom stereocenters. The van der Waals surface area contributed by atoms with E-state index in [4.69, 9.17) is 0 Å². The molecule has 2 aromatic carbocycles. The lowest BCUT2D eigenvalue weighted by Gasteiger charge is -2.10. The van der Waals surface area contributed by atoms with Crippen LogP contribution >= 0.6 is 0 Å². The Morgan fingerprint density at radius 1 is 1.00 bits per heavy atom. The largest absolute Gasteiger partial charge is 0.279 e. The van der Waals surface area contributed by atoms with E-state index < -0.39 is 21.7 Å². The highest BCUT2D eigenvalue weighted by Crippen LogP contribution is 2.20. The Kier molecular flexibility index (Phi) is 3.53. The van der Waals surface area contributed by atoms with Crippen molar-refractivity contribution in [3.8, 4) is 0 Å².